The molecule has 0 unspecified atom stereocenters. The predicted octanol–water partition coefficient (Wildman–Crippen LogP) is 3.96. The Morgan fingerprint density at radius 1 is 0.882 bits per heavy atom. The summed E-state index contributed by atoms with van der Waals surface area (Å²) < 4.78 is 5.16. The van der Waals surface area contributed by atoms with Crippen LogP contribution in [0.15, 0.2) is 71.5 Å². The zero-order valence-electron chi connectivity index (χ0n) is 9.36. The van der Waals surface area contributed by atoms with Crippen LogP contribution in [0, 0.1) is 0 Å². The molecular formula is C15H13NO. The van der Waals surface area contributed by atoms with Crippen LogP contribution in [0.2, 0.25) is 0 Å². The molecule has 0 saturated heterocycles. The molecule has 0 aromatic carbocycles. The van der Waals surface area contributed by atoms with Crippen LogP contribution in [0.25, 0.3) is 12.2 Å². The zero-order valence-corrected chi connectivity index (χ0v) is 9.36. The number of hydrogen-bond donors (Lipinski definition) is 0. The standard InChI is InChI=1S/C15H13NO/c1(2-4-10-15-11-7-13-17-15)3-8-14-9-5-6-12-16-14/h1-13H/b2-1+,8-3+,10-4+. The highest BCUT2D eigenvalue weighted by Crippen LogP contribution is 2.02. The summed E-state index contributed by atoms with van der Waals surface area (Å²) in [5, 5.41) is 0. The molecule has 0 radical (unpaired) electrons. The minimum atomic E-state index is 0.850. The second-order valence-corrected chi connectivity index (χ2v) is 3.37. The van der Waals surface area contributed by atoms with Gasteiger partial charge in [0.15, 0.2) is 0 Å². The van der Waals surface area contributed by atoms with E-state index in [1.165, 1.54) is 0 Å². The Kier molecular flexibility index (Phi) is 4.12. The first-order chi connectivity index (χ1) is 8.45. The lowest BCUT2D eigenvalue weighted by Crippen LogP contribution is -1.74. The van der Waals surface area contributed by atoms with Crippen molar-refractivity contribution in [3.05, 3.63) is 78.6 Å². The van der Waals surface area contributed by atoms with E-state index in [0.29, 0.717) is 0 Å². The lowest BCUT2D eigenvalue weighted by molar-refractivity contribution is 0.557. The molecule has 2 heteroatoms. The van der Waals surface area contributed by atoms with E-state index in [1.807, 2.05) is 66.8 Å². The van der Waals surface area contributed by atoms with E-state index in [4.69, 9.17) is 4.42 Å². The van der Waals surface area contributed by atoms with E-state index in [1.54, 1.807) is 12.5 Å². The van der Waals surface area contributed by atoms with Gasteiger partial charge < -0.3 is 4.42 Å². The Labute approximate surface area is 101 Å². The minimum Gasteiger partial charge on any atom is -0.465 e. The molecule has 0 bridgehead atoms. The summed E-state index contributed by atoms with van der Waals surface area (Å²) in [5.41, 5.74) is 0.951. The van der Waals surface area contributed by atoms with Crippen molar-refractivity contribution in [3.63, 3.8) is 0 Å². The molecule has 0 spiro atoms. The molecule has 0 fully saturated rings. The first-order valence-corrected chi connectivity index (χ1v) is 5.41. The topological polar surface area (TPSA) is 26.0 Å². The van der Waals surface area contributed by atoms with E-state index in [0.717, 1.165) is 11.5 Å². The molecular weight excluding hydrogens is 210 g/mol. The van der Waals surface area contributed by atoms with Gasteiger partial charge in [-0.25, -0.2) is 0 Å². The van der Waals surface area contributed by atoms with Gasteiger partial charge in [0.2, 0.25) is 0 Å². The summed E-state index contributed by atoms with van der Waals surface area (Å²) in [6, 6.07) is 9.61. The van der Waals surface area contributed by atoms with E-state index < -0.39 is 0 Å². The maximum absolute atomic E-state index is 5.16. The molecule has 0 N–H and O–H groups in total. The van der Waals surface area contributed by atoms with Gasteiger partial charge in [-0.1, -0.05) is 30.4 Å². The monoisotopic (exact) mass is 223 g/mol. The zero-order chi connectivity index (χ0) is 11.8. The molecule has 0 aliphatic rings. The second-order valence-electron chi connectivity index (χ2n) is 3.37. The molecule has 2 heterocycles. The molecule has 2 aromatic rings. The minimum absolute atomic E-state index is 0.850. The Hall–Kier alpha value is -2.35. The first kappa shape index (κ1) is 11.1. The van der Waals surface area contributed by atoms with Gasteiger partial charge in [0.05, 0.1) is 12.0 Å². The van der Waals surface area contributed by atoms with Crippen LogP contribution in [0.4, 0.5) is 0 Å². The summed E-state index contributed by atoms with van der Waals surface area (Å²) in [6.07, 6.45) is 15.1. The third kappa shape index (κ3) is 3.95. The highest BCUT2D eigenvalue weighted by Gasteiger charge is 1.83. The van der Waals surface area contributed by atoms with Crippen molar-refractivity contribution in [1.29, 1.82) is 0 Å². The van der Waals surface area contributed by atoms with Gasteiger partial charge in [0, 0.05) is 6.20 Å². The number of aromatic nitrogens is 1. The average molecular weight is 223 g/mol. The van der Waals surface area contributed by atoms with E-state index in [2.05, 4.69) is 4.98 Å². The normalized spacial score (nSPS) is 12.0. The summed E-state index contributed by atoms with van der Waals surface area (Å²) >= 11 is 0. The van der Waals surface area contributed by atoms with Gasteiger partial charge in [0.25, 0.3) is 0 Å². The molecule has 0 aliphatic carbocycles. The quantitative estimate of drug-likeness (QED) is 0.733. The molecule has 0 atom stereocenters. The Bertz CT molecular complexity index is 507. The second kappa shape index (κ2) is 6.28. The summed E-state index contributed by atoms with van der Waals surface area (Å²) in [5.74, 6) is 0.850. The fraction of sp³-hybridized carbons (Fsp3) is 0. The van der Waals surface area contributed by atoms with Crippen molar-refractivity contribution in [2.75, 3.05) is 0 Å². The summed E-state index contributed by atoms with van der Waals surface area (Å²) in [6.45, 7) is 0. The maximum Gasteiger partial charge on any atom is 0.126 e. The van der Waals surface area contributed by atoms with Crippen molar-refractivity contribution in [2.24, 2.45) is 0 Å². The van der Waals surface area contributed by atoms with Gasteiger partial charge >= 0.3 is 0 Å². The highest BCUT2D eigenvalue weighted by molar-refractivity contribution is 5.48. The molecule has 2 aromatic heterocycles. The third-order valence-electron chi connectivity index (χ3n) is 2.09. The van der Waals surface area contributed by atoms with Gasteiger partial charge in [-0.2, -0.15) is 0 Å². The summed E-state index contributed by atoms with van der Waals surface area (Å²) in [4.78, 5) is 4.18. The number of furan rings is 1. The van der Waals surface area contributed by atoms with Gasteiger partial charge in [-0.3, -0.25) is 4.98 Å². The van der Waals surface area contributed by atoms with Crippen LogP contribution in [0.1, 0.15) is 11.5 Å². The smallest absolute Gasteiger partial charge is 0.126 e. The SMILES string of the molecule is C(=C\C=C\c1ccco1)/C=C/c1ccccn1. The number of allylic oxidation sites excluding steroid dienone is 4. The largest absolute Gasteiger partial charge is 0.465 e. The highest BCUT2D eigenvalue weighted by atomic mass is 16.3. The molecule has 84 valence electrons. The van der Waals surface area contributed by atoms with E-state index >= 15 is 0 Å². The number of rotatable bonds is 4. The Morgan fingerprint density at radius 2 is 1.76 bits per heavy atom. The predicted molar refractivity (Wildman–Crippen MR) is 70.2 cm³/mol. The molecule has 2 nitrogen and oxygen atoms in total. The van der Waals surface area contributed by atoms with Crippen LogP contribution in [0.3, 0.4) is 0 Å². The molecule has 0 saturated carbocycles. The van der Waals surface area contributed by atoms with Crippen molar-refractivity contribution < 1.29 is 4.42 Å². The fourth-order valence-corrected chi connectivity index (χ4v) is 1.29. The summed E-state index contributed by atoms with van der Waals surface area (Å²) in [7, 11) is 0. The maximum atomic E-state index is 5.16. The third-order valence-corrected chi connectivity index (χ3v) is 2.09. The average Bonchev–Trinajstić information content (AvgIpc) is 2.88. The van der Waals surface area contributed by atoms with Crippen LogP contribution in [-0.2, 0) is 0 Å². The van der Waals surface area contributed by atoms with Gasteiger partial charge in [-0.15, -0.1) is 0 Å². The Morgan fingerprint density at radius 3 is 2.47 bits per heavy atom. The van der Waals surface area contributed by atoms with Crippen LogP contribution in [0.5, 0.6) is 0 Å². The lowest BCUT2D eigenvalue weighted by atomic mass is 10.3. The molecule has 0 amide bonds. The van der Waals surface area contributed by atoms with Crippen LogP contribution in [-0.4, -0.2) is 4.98 Å². The van der Waals surface area contributed by atoms with E-state index in [9.17, 15) is 0 Å². The number of hydrogen-bond acceptors (Lipinski definition) is 2. The number of nitrogens with zero attached hydrogens (tertiary/aromatic N) is 1. The van der Waals surface area contributed by atoms with Crippen molar-refractivity contribution in [1.82, 2.24) is 4.98 Å². The van der Waals surface area contributed by atoms with Crippen LogP contribution >= 0.6 is 0 Å². The molecule has 0 aliphatic heterocycles. The molecule has 17 heavy (non-hydrogen) atoms. The first-order valence-electron chi connectivity index (χ1n) is 5.41. The fourth-order valence-electron chi connectivity index (χ4n) is 1.29. The van der Waals surface area contributed by atoms with Gasteiger partial charge in [-0.05, 0) is 36.4 Å². The van der Waals surface area contributed by atoms with Crippen LogP contribution < -0.4 is 0 Å². The Balaban J connectivity index is 1.84. The van der Waals surface area contributed by atoms with Gasteiger partial charge in [0.1, 0.15) is 5.76 Å². The van der Waals surface area contributed by atoms with Crippen molar-refractivity contribution >= 4 is 12.2 Å². The number of pyridine rings is 1. The molecule has 2 rings (SSSR count). The van der Waals surface area contributed by atoms with Crippen molar-refractivity contribution in [2.45, 2.75) is 0 Å². The van der Waals surface area contributed by atoms with E-state index in [-0.39, 0.29) is 0 Å². The van der Waals surface area contributed by atoms with Crippen molar-refractivity contribution in [3.8, 4) is 0 Å². The lowest BCUT2D eigenvalue weighted by Gasteiger charge is -1.87.